The second-order valence-corrected chi connectivity index (χ2v) is 5.89. The molecule has 0 saturated carbocycles. The van der Waals surface area contributed by atoms with Gasteiger partial charge in [-0.25, -0.2) is 4.98 Å². The molecule has 128 valence electrons. The minimum atomic E-state index is -0.255. The minimum absolute atomic E-state index is 0.0228. The number of rotatable bonds is 4. The number of aromatic amines is 1. The fraction of sp³-hybridized carbons (Fsp3) is 0.0500. The summed E-state index contributed by atoms with van der Waals surface area (Å²) in [6.45, 7) is -0.0228. The van der Waals surface area contributed by atoms with Crippen molar-refractivity contribution in [2.75, 3.05) is 5.32 Å². The van der Waals surface area contributed by atoms with Crippen LogP contribution in [0.5, 0.6) is 0 Å². The normalized spacial score (nSPS) is 10.8. The van der Waals surface area contributed by atoms with Crippen molar-refractivity contribution in [3.63, 3.8) is 0 Å². The minimum Gasteiger partial charge on any atom is -0.338 e. The maximum absolute atomic E-state index is 12.1. The molecule has 2 heterocycles. The highest BCUT2D eigenvalue weighted by atomic mass is 16.2. The zero-order chi connectivity index (χ0) is 17.9. The largest absolute Gasteiger partial charge is 0.338 e. The Hall–Kier alpha value is -3.67. The third-order valence-electron chi connectivity index (χ3n) is 4.04. The van der Waals surface area contributed by atoms with E-state index in [0.717, 1.165) is 22.4 Å². The van der Waals surface area contributed by atoms with Gasteiger partial charge in [-0.15, -0.1) is 0 Å². The number of anilines is 1. The van der Waals surface area contributed by atoms with Crippen molar-refractivity contribution >= 4 is 22.6 Å². The van der Waals surface area contributed by atoms with Crippen molar-refractivity contribution in [3.8, 4) is 11.4 Å². The summed E-state index contributed by atoms with van der Waals surface area (Å²) in [5.74, 6) is 0.523. The van der Waals surface area contributed by atoms with Crippen LogP contribution in [0.15, 0.2) is 77.7 Å². The molecule has 6 nitrogen and oxygen atoms in total. The Morgan fingerprint density at radius 2 is 1.77 bits per heavy atom. The predicted molar refractivity (Wildman–Crippen MR) is 101 cm³/mol. The van der Waals surface area contributed by atoms with Gasteiger partial charge in [-0.1, -0.05) is 18.2 Å². The summed E-state index contributed by atoms with van der Waals surface area (Å²) in [5, 5.41) is 2.79. The van der Waals surface area contributed by atoms with Crippen molar-refractivity contribution in [3.05, 3.63) is 83.3 Å². The van der Waals surface area contributed by atoms with Crippen LogP contribution in [-0.4, -0.2) is 20.4 Å². The molecule has 0 bridgehead atoms. The van der Waals surface area contributed by atoms with Crippen molar-refractivity contribution in [1.29, 1.82) is 0 Å². The second-order valence-electron chi connectivity index (χ2n) is 5.89. The number of aromatic nitrogens is 3. The first-order valence-electron chi connectivity index (χ1n) is 8.19. The first kappa shape index (κ1) is 15.8. The molecule has 0 radical (unpaired) electrons. The summed E-state index contributed by atoms with van der Waals surface area (Å²) in [6, 6.07) is 20.0. The predicted octanol–water partition coefficient (Wildman–Crippen LogP) is 3.03. The van der Waals surface area contributed by atoms with Crippen molar-refractivity contribution in [1.82, 2.24) is 14.5 Å². The molecule has 4 aromatic rings. The number of imidazole rings is 1. The van der Waals surface area contributed by atoms with Crippen molar-refractivity contribution in [2.24, 2.45) is 0 Å². The molecule has 0 spiro atoms. The molecule has 0 saturated heterocycles. The van der Waals surface area contributed by atoms with Gasteiger partial charge in [-0.05, 0) is 42.5 Å². The zero-order valence-corrected chi connectivity index (χ0v) is 13.8. The van der Waals surface area contributed by atoms with Crippen LogP contribution in [0, 0.1) is 0 Å². The molecule has 0 fully saturated rings. The highest BCUT2D eigenvalue weighted by Gasteiger charge is 2.07. The van der Waals surface area contributed by atoms with Crippen LogP contribution in [0.4, 0.5) is 5.69 Å². The van der Waals surface area contributed by atoms with Crippen LogP contribution < -0.4 is 10.9 Å². The average molecular weight is 344 g/mol. The third kappa shape index (κ3) is 3.25. The molecule has 1 amide bonds. The Labute approximate surface area is 149 Å². The fourth-order valence-corrected chi connectivity index (χ4v) is 2.75. The summed E-state index contributed by atoms with van der Waals surface area (Å²) in [5.41, 5.74) is 3.28. The molecular weight excluding hydrogens is 328 g/mol. The lowest BCUT2D eigenvalue weighted by molar-refractivity contribution is -0.116. The van der Waals surface area contributed by atoms with Gasteiger partial charge in [0.05, 0.1) is 11.0 Å². The van der Waals surface area contributed by atoms with E-state index in [-0.39, 0.29) is 18.0 Å². The maximum Gasteiger partial charge on any atom is 0.250 e. The number of pyridine rings is 1. The number of benzene rings is 2. The number of hydrogen-bond donors (Lipinski definition) is 2. The van der Waals surface area contributed by atoms with E-state index in [1.165, 1.54) is 10.6 Å². The number of H-pyrrole nitrogens is 1. The highest BCUT2D eigenvalue weighted by molar-refractivity contribution is 5.90. The van der Waals surface area contributed by atoms with E-state index in [4.69, 9.17) is 0 Å². The van der Waals surface area contributed by atoms with Gasteiger partial charge in [0.2, 0.25) is 5.91 Å². The molecule has 0 atom stereocenters. The molecule has 26 heavy (non-hydrogen) atoms. The Kier molecular flexibility index (Phi) is 4.07. The maximum atomic E-state index is 12.1. The van der Waals surface area contributed by atoms with E-state index < -0.39 is 0 Å². The van der Waals surface area contributed by atoms with E-state index >= 15 is 0 Å². The molecule has 0 aliphatic carbocycles. The fourth-order valence-electron chi connectivity index (χ4n) is 2.75. The monoisotopic (exact) mass is 344 g/mol. The molecular formula is C20H16N4O2. The quantitative estimate of drug-likeness (QED) is 0.597. The second kappa shape index (κ2) is 6.68. The van der Waals surface area contributed by atoms with Crippen LogP contribution >= 0.6 is 0 Å². The van der Waals surface area contributed by atoms with Crippen molar-refractivity contribution in [2.45, 2.75) is 6.54 Å². The zero-order valence-electron chi connectivity index (χ0n) is 13.8. The van der Waals surface area contributed by atoms with Gasteiger partial charge >= 0.3 is 0 Å². The molecule has 2 aromatic carbocycles. The van der Waals surface area contributed by atoms with Crippen LogP contribution in [0.3, 0.4) is 0 Å². The van der Waals surface area contributed by atoms with E-state index in [1.807, 2.05) is 48.5 Å². The SMILES string of the molecule is O=C(Cn1ccccc1=O)Nc1ccc(-c2nc3ccccc3[nH]2)cc1. The summed E-state index contributed by atoms with van der Waals surface area (Å²) in [4.78, 5) is 31.6. The van der Waals surface area contributed by atoms with Crippen LogP contribution in [-0.2, 0) is 11.3 Å². The Balaban J connectivity index is 1.48. The molecule has 2 aromatic heterocycles. The summed E-state index contributed by atoms with van der Waals surface area (Å²) in [6.07, 6.45) is 1.59. The van der Waals surface area contributed by atoms with Crippen LogP contribution in [0.1, 0.15) is 0 Å². The standard InChI is InChI=1S/C20H16N4O2/c25-18(13-24-12-4-3-7-19(24)26)21-15-10-8-14(9-11-15)20-22-16-5-1-2-6-17(16)23-20/h1-12H,13H2,(H,21,25)(H,22,23). The molecule has 6 heteroatoms. The van der Waals surface area contributed by atoms with Gasteiger partial charge in [0.1, 0.15) is 12.4 Å². The van der Waals surface area contributed by atoms with Gasteiger partial charge in [-0.3, -0.25) is 9.59 Å². The number of para-hydroxylation sites is 2. The number of nitrogens with one attached hydrogen (secondary N) is 2. The molecule has 4 rings (SSSR count). The first-order valence-corrected chi connectivity index (χ1v) is 8.19. The van der Waals surface area contributed by atoms with Gasteiger partial charge < -0.3 is 14.9 Å². The van der Waals surface area contributed by atoms with E-state index in [0.29, 0.717) is 5.69 Å². The molecule has 0 aliphatic heterocycles. The Morgan fingerprint density at radius 1 is 1.00 bits per heavy atom. The topological polar surface area (TPSA) is 79.8 Å². The lowest BCUT2D eigenvalue weighted by atomic mass is 10.2. The van der Waals surface area contributed by atoms with Gasteiger partial charge in [0, 0.05) is 23.5 Å². The molecule has 0 aliphatic rings. The highest BCUT2D eigenvalue weighted by Crippen LogP contribution is 2.21. The van der Waals surface area contributed by atoms with Gasteiger partial charge in [-0.2, -0.15) is 0 Å². The lowest BCUT2D eigenvalue weighted by Gasteiger charge is -2.07. The van der Waals surface area contributed by atoms with E-state index in [1.54, 1.807) is 18.3 Å². The summed E-state index contributed by atoms with van der Waals surface area (Å²) >= 11 is 0. The first-order chi connectivity index (χ1) is 12.7. The van der Waals surface area contributed by atoms with E-state index in [9.17, 15) is 9.59 Å². The average Bonchev–Trinajstić information content (AvgIpc) is 3.08. The van der Waals surface area contributed by atoms with E-state index in [2.05, 4.69) is 15.3 Å². The smallest absolute Gasteiger partial charge is 0.250 e. The molecule has 0 unspecified atom stereocenters. The van der Waals surface area contributed by atoms with Crippen LogP contribution in [0.2, 0.25) is 0 Å². The molecule has 2 N–H and O–H groups in total. The van der Waals surface area contributed by atoms with Gasteiger partial charge in [0.25, 0.3) is 5.56 Å². The lowest BCUT2D eigenvalue weighted by Crippen LogP contribution is -2.26. The number of hydrogen-bond acceptors (Lipinski definition) is 3. The number of amides is 1. The number of carbonyl (C=O) groups is 1. The van der Waals surface area contributed by atoms with Gasteiger partial charge in [0.15, 0.2) is 0 Å². The summed E-state index contributed by atoms with van der Waals surface area (Å²) in [7, 11) is 0. The number of nitrogens with zero attached hydrogens (tertiary/aromatic N) is 2. The number of fused-ring (bicyclic) bond motifs is 1. The van der Waals surface area contributed by atoms with Crippen molar-refractivity contribution < 1.29 is 4.79 Å². The third-order valence-corrected chi connectivity index (χ3v) is 4.04. The number of carbonyl (C=O) groups excluding carboxylic acids is 1. The van der Waals surface area contributed by atoms with Crippen LogP contribution in [0.25, 0.3) is 22.4 Å². The summed E-state index contributed by atoms with van der Waals surface area (Å²) < 4.78 is 1.36. The Bertz CT molecular complexity index is 1090. The Morgan fingerprint density at radius 3 is 2.54 bits per heavy atom.